The second-order valence-electron chi connectivity index (χ2n) is 10.7. The van der Waals surface area contributed by atoms with Gasteiger partial charge in [0.15, 0.2) is 17.5 Å². The highest BCUT2D eigenvalue weighted by molar-refractivity contribution is 6.12. The molecule has 5 nitrogen and oxygen atoms in total. The van der Waals surface area contributed by atoms with Crippen molar-refractivity contribution in [3.8, 4) is 62.5 Å². The third-order valence-corrected chi connectivity index (χ3v) is 8.02. The van der Waals surface area contributed by atoms with Crippen LogP contribution in [-0.4, -0.2) is 15.0 Å². The Bertz CT molecular complexity index is 2310. The van der Waals surface area contributed by atoms with Crippen LogP contribution in [0.4, 0.5) is 0 Å². The fourth-order valence-corrected chi connectivity index (χ4v) is 5.83. The van der Waals surface area contributed by atoms with Crippen LogP contribution < -0.4 is 0 Å². The Balaban J connectivity index is 1.39. The topological polar surface area (TPSA) is 75.6 Å². The van der Waals surface area contributed by atoms with E-state index in [0.29, 0.717) is 23.0 Å². The highest BCUT2D eigenvalue weighted by atomic mass is 16.3. The van der Waals surface area contributed by atoms with E-state index < -0.39 is 0 Å². The zero-order valence-corrected chi connectivity index (χ0v) is 24.1. The molecule has 0 saturated heterocycles. The van der Waals surface area contributed by atoms with Crippen LogP contribution in [0.3, 0.4) is 0 Å². The molecule has 2 heterocycles. The molecule has 8 aromatic rings. The van der Waals surface area contributed by atoms with Crippen LogP contribution in [0.5, 0.6) is 0 Å². The molecule has 6 aromatic carbocycles. The van der Waals surface area contributed by atoms with Gasteiger partial charge in [-0.05, 0) is 40.5 Å². The van der Waals surface area contributed by atoms with Gasteiger partial charge in [0.05, 0.1) is 17.2 Å². The quantitative estimate of drug-likeness (QED) is 0.204. The summed E-state index contributed by atoms with van der Waals surface area (Å²) < 4.78 is 6.58. The molecule has 0 spiro atoms. The van der Waals surface area contributed by atoms with E-state index in [0.717, 1.165) is 60.9 Å². The number of benzene rings is 6. The number of furan rings is 1. The zero-order chi connectivity index (χ0) is 30.2. The predicted molar refractivity (Wildman–Crippen MR) is 179 cm³/mol. The Morgan fingerprint density at radius 2 is 1.00 bits per heavy atom. The molecule has 0 N–H and O–H groups in total. The number of fused-ring (bicyclic) bond motifs is 3. The van der Waals surface area contributed by atoms with Gasteiger partial charge in [0.2, 0.25) is 0 Å². The van der Waals surface area contributed by atoms with Gasteiger partial charge in [-0.3, -0.25) is 0 Å². The highest BCUT2D eigenvalue weighted by Gasteiger charge is 2.22. The second kappa shape index (κ2) is 11.0. The van der Waals surface area contributed by atoms with Crippen LogP contribution >= 0.6 is 0 Å². The summed E-state index contributed by atoms with van der Waals surface area (Å²) in [5.41, 5.74) is 8.55. The zero-order valence-electron chi connectivity index (χ0n) is 24.1. The van der Waals surface area contributed by atoms with Crippen molar-refractivity contribution in [1.82, 2.24) is 15.0 Å². The predicted octanol–water partition coefficient (Wildman–Crippen LogP) is 9.98. The lowest BCUT2D eigenvalue weighted by Gasteiger charge is -2.13. The summed E-state index contributed by atoms with van der Waals surface area (Å²) in [5.74, 6) is 1.70. The first-order chi connectivity index (χ1) is 22.3. The molecule has 8 rings (SSSR count). The number of hydrogen-bond acceptors (Lipinski definition) is 5. The summed E-state index contributed by atoms with van der Waals surface area (Å²) in [4.78, 5) is 15.1. The van der Waals surface area contributed by atoms with Gasteiger partial charge >= 0.3 is 0 Å². The highest BCUT2D eigenvalue weighted by Crippen LogP contribution is 2.42. The molecule has 0 aliphatic carbocycles. The number of para-hydroxylation sites is 1. The number of aromatic nitrogens is 3. The Hall–Kier alpha value is -6.38. The van der Waals surface area contributed by atoms with E-state index in [-0.39, 0.29) is 0 Å². The first kappa shape index (κ1) is 26.3. The van der Waals surface area contributed by atoms with Crippen LogP contribution in [0.25, 0.3) is 78.4 Å². The van der Waals surface area contributed by atoms with Gasteiger partial charge in [0.1, 0.15) is 11.2 Å². The molecule has 0 aliphatic heterocycles. The van der Waals surface area contributed by atoms with E-state index in [1.807, 2.05) is 103 Å². The smallest absolute Gasteiger partial charge is 0.168 e. The molecule has 0 fully saturated rings. The summed E-state index contributed by atoms with van der Waals surface area (Å²) in [6.07, 6.45) is 0. The maximum absolute atomic E-state index is 9.67. The van der Waals surface area contributed by atoms with Gasteiger partial charge in [0.25, 0.3) is 0 Å². The van der Waals surface area contributed by atoms with E-state index in [2.05, 4.69) is 48.5 Å². The summed E-state index contributed by atoms with van der Waals surface area (Å²) in [7, 11) is 0. The molecule has 0 aliphatic rings. The van der Waals surface area contributed by atoms with Gasteiger partial charge in [-0.25, -0.2) is 15.0 Å². The van der Waals surface area contributed by atoms with Crippen LogP contribution in [0, 0.1) is 11.3 Å². The summed E-state index contributed by atoms with van der Waals surface area (Å²) in [6.45, 7) is 0. The Morgan fingerprint density at radius 3 is 1.67 bits per heavy atom. The summed E-state index contributed by atoms with van der Waals surface area (Å²) in [6, 6.07) is 50.4. The summed E-state index contributed by atoms with van der Waals surface area (Å²) in [5, 5.41) is 11.7. The van der Waals surface area contributed by atoms with Crippen molar-refractivity contribution in [3.63, 3.8) is 0 Å². The molecule has 0 bridgehead atoms. The van der Waals surface area contributed by atoms with Gasteiger partial charge in [0, 0.05) is 21.9 Å². The Labute approximate surface area is 259 Å². The van der Waals surface area contributed by atoms with Crippen molar-refractivity contribution < 1.29 is 4.42 Å². The van der Waals surface area contributed by atoms with Crippen LogP contribution in [0.2, 0.25) is 0 Å². The monoisotopic (exact) mass is 576 g/mol. The summed E-state index contributed by atoms with van der Waals surface area (Å²) >= 11 is 0. The van der Waals surface area contributed by atoms with Crippen molar-refractivity contribution in [2.75, 3.05) is 0 Å². The third-order valence-electron chi connectivity index (χ3n) is 8.02. The molecule has 0 saturated carbocycles. The van der Waals surface area contributed by atoms with Crippen LogP contribution in [-0.2, 0) is 0 Å². The van der Waals surface area contributed by atoms with E-state index >= 15 is 0 Å². The fourth-order valence-electron chi connectivity index (χ4n) is 5.83. The minimum atomic E-state index is 0.529. The van der Waals surface area contributed by atoms with E-state index in [9.17, 15) is 5.26 Å². The second-order valence-corrected chi connectivity index (χ2v) is 10.7. The van der Waals surface area contributed by atoms with Crippen LogP contribution in [0.1, 0.15) is 5.56 Å². The van der Waals surface area contributed by atoms with E-state index in [4.69, 9.17) is 19.4 Å². The number of hydrogen-bond donors (Lipinski definition) is 0. The largest absolute Gasteiger partial charge is 0.455 e. The van der Waals surface area contributed by atoms with Crippen molar-refractivity contribution in [2.24, 2.45) is 0 Å². The van der Waals surface area contributed by atoms with Gasteiger partial charge in [-0.15, -0.1) is 0 Å². The lowest BCUT2D eigenvalue weighted by molar-refractivity contribution is 0.669. The van der Waals surface area contributed by atoms with Crippen molar-refractivity contribution >= 4 is 21.9 Å². The Morgan fingerprint density at radius 1 is 0.444 bits per heavy atom. The van der Waals surface area contributed by atoms with Crippen molar-refractivity contribution in [2.45, 2.75) is 0 Å². The standard InChI is InChI=1S/C40H24N4O/c41-25-30-15-7-8-16-31(30)26-19-21-27(22-20-26)32-23-24-34-33-17-9-10-18-35(33)45-37(34)36(32)40-43-38(28-11-3-1-4-12-28)42-39(44-40)29-13-5-2-6-14-29/h1-24H. The van der Waals surface area contributed by atoms with Gasteiger partial charge in [-0.2, -0.15) is 5.26 Å². The maximum atomic E-state index is 9.67. The molecule has 0 unspecified atom stereocenters. The molecular formula is C40H24N4O. The van der Waals surface area contributed by atoms with Crippen molar-refractivity contribution in [3.05, 3.63) is 151 Å². The van der Waals surface area contributed by atoms with E-state index in [1.54, 1.807) is 0 Å². The SMILES string of the molecule is N#Cc1ccccc1-c1ccc(-c2ccc3c(oc4ccccc43)c2-c2nc(-c3ccccc3)nc(-c3ccccc3)n2)cc1. The first-order valence-corrected chi connectivity index (χ1v) is 14.7. The number of rotatable bonds is 5. The first-order valence-electron chi connectivity index (χ1n) is 14.7. The number of nitrogens with zero attached hydrogens (tertiary/aromatic N) is 4. The molecule has 45 heavy (non-hydrogen) atoms. The molecular weight excluding hydrogens is 552 g/mol. The Kier molecular flexibility index (Phi) is 6.44. The lowest BCUT2D eigenvalue weighted by atomic mass is 9.93. The average molecular weight is 577 g/mol. The fraction of sp³-hybridized carbons (Fsp3) is 0. The average Bonchev–Trinajstić information content (AvgIpc) is 3.50. The van der Waals surface area contributed by atoms with Crippen molar-refractivity contribution in [1.29, 1.82) is 5.26 Å². The molecule has 0 amide bonds. The van der Waals surface area contributed by atoms with Gasteiger partial charge < -0.3 is 4.42 Å². The number of nitriles is 1. The molecule has 0 atom stereocenters. The minimum Gasteiger partial charge on any atom is -0.455 e. The maximum Gasteiger partial charge on any atom is 0.168 e. The van der Waals surface area contributed by atoms with Gasteiger partial charge in [-0.1, -0.05) is 127 Å². The lowest BCUT2D eigenvalue weighted by Crippen LogP contribution is -2.01. The molecule has 210 valence electrons. The van der Waals surface area contributed by atoms with E-state index in [1.165, 1.54) is 0 Å². The van der Waals surface area contributed by atoms with Crippen LogP contribution in [0.15, 0.2) is 150 Å². The normalized spacial score (nSPS) is 11.1. The molecule has 5 heteroatoms. The third kappa shape index (κ3) is 4.71. The molecule has 0 radical (unpaired) electrons. The molecule has 2 aromatic heterocycles. The minimum absolute atomic E-state index is 0.529.